The number of hydrogen-bond donors (Lipinski definition) is 1. The van der Waals surface area contributed by atoms with Crippen molar-refractivity contribution in [3.05, 3.63) is 29.8 Å². The van der Waals surface area contributed by atoms with Crippen molar-refractivity contribution < 1.29 is 4.74 Å². The summed E-state index contributed by atoms with van der Waals surface area (Å²) < 4.78 is 5.57. The molecule has 0 spiro atoms. The second-order valence-corrected chi connectivity index (χ2v) is 6.58. The van der Waals surface area contributed by atoms with Gasteiger partial charge in [-0.15, -0.1) is 0 Å². The lowest BCUT2D eigenvalue weighted by Crippen LogP contribution is -2.54. The second kappa shape index (κ2) is 6.83. The van der Waals surface area contributed by atoms with Gasteiger partial charge in [-0.1, -0.05) is 45.7 Å². The predicted octanol–water partition coefficient (Wildman–Crippen LogP) is 4.53. The Morgan fingerprint density at radius 3 is 2.10 bits per heavy atom. The molecule has 1 aliphatic rings. The molecule has 1 fully saturated rings. The quantitative estimate of drug-likeness (QED) is 0.759. The van der Waals surface area contributed by atoms with Crippen LogP contribution in [0.5, 0.6) is 5.75 Å². The molecule has 1 aliphatic carbocycles. The van der Waals surface area contributed by atoms with Gasteiger partial charge in [-0.3, -0.25) is 0 Å². The number of benzene rings is 1. The van der Waals surface area contributed by atoms with E-state index in [9.17, 15) is 0 Å². The zero-order chi connectivity index (χ0) is 15.3. The third-order valence-electron chi connectivity index (χ3n) is 5.42. The van der Waals surface area contributed by atoms with Crippen LogP contribution in [-0.2, 0) is 5.41 Å². The molecule has 0 amide bonds. The topological polar surface area (TPSA) is 21.3 Å². The summed E-state index contributed by atoms with van der Waals surface area (Å²) in [7, 11) is 0. The summed E-state index contributed by atoms with van der Waals surface area (Å²) >= 11 is 0. The molecule has 1 aromatic rings. The lowest BCUT2D eigenvalue weighted by molar-refractivity contribution is 0.0132. The fraction of sp³-hybridized carbons (Fsp3) is 0.684. The maximum atomic E-state index is 5.57. The van der Waals surface area contributed by atoms with E-state index in [-0.39, 0.29) is 0 Å². The summed E-state index contributed by atoms with van der Waals surface area (Å²) in [5.74, 6) is 0.983. The van der Waals surface area contributed by atoms with Crippen LogP contribution >= 0.6 is 0 Å². The molecule has 0 bridgehead atoms. The minimum atomic E-state index is 0.326. The van der Waals surface area contributed by atoms with Crippen molar-refractivity contribution in [1.29, 1.82) is 0 Å². The highest BCUT2D eigenvalue weighted by Gasteiger charge is 2.52. The summed E-state index contributed by atoms with van der Waals surface area (Å²) in [5, 5.41) is 3.58. The molecule has 0 heterocycles. The Kier molecular flexibility index (Phi) is 5.32. The van der Waals surface area contributed by atoms with Gasteiger partial charge >= 0.3 is 0 Å². The van der Waals surface area contributed by atoms with E-state index in [4.69, 9.17) is 4.74 Å². The molecule has 0 saturated heterocycles. The maximum absolute atomic E-state index is 5.57. The van der Waals surface area contributed by atoms with Crippen molar-refractivity contribution in [2.24, 2.45) is 5.41 Å². The van der Waals surface area contributed by atoms with Gasteiger partial charge < -0.3 is 10.1 Å². The molecular formula is C19H31NO. The Bertz CT molecular complexity index is 425. The van der Waals surface area contributed by atoms with Crippen molar-refractivity contribution >= 4 is 0 Å². The Hall–Kier alpha value is -1.02. The first-order valence-electron chi connectivity index (χ1n) is 8.57. The summed E-state index contributed by atoms with van der Waals surface area (Å²) in [6.07, 6.45) is 5.23. The fourth-order valence-electron chi connectivity index (χ4n) is 4.00. The first kappa shape index (κ1) is 16.4. The lowest BCUT2D eigenvalue weighted by Gasteiger charge is -2.57. The van der Waals surface area contributed by atoms with Crippen molar-refractivity contribution in [2.75, 3.05) is 19.7 Å². The number of rotatable bonds is 8. The van der Waals surface area contributed by atoms with E-state index in [1.54, 1.807) is 0 Å². The van der Waals surface area contributed by atoms with E-state index in [2.05, 4.69) is 50.4 Å². The van der Waals surface area contributed by atoms with Gasteiger partial charge in [0.25, 0.3) is 0 Å². The summed E-state index contributed by atoms with van der Waals surface area (Å²) in [6, 6.07) is 8.81. The SMILES string of the molecule is CCNCC1(c2ccc(OCC)cc2)CC(CC)(CC)C1. The van der Waals surface area contributed by atoms with Gasteiger partial charge in [-0.05, 0) is 49.4 Å². The zero-order valence-electron chi connectivity index (χ0n) is 14.2. The lowest BCUT2D eigenvalue weighted by atomic mass is 9.48. The maximum Gasteiger partial charge on any atom is 0.119 e. The second-order valence-electron chi connectivity index (χ2n) is 6.58. The molecule has 21 heavy (non-hydrogen) atoms. The normalized spacial score (nSPS) is 19.0. The minimum Gasteiger partial charge on any atom is -0.494 e. The van der Waals surface area contributed by atoms with Gasteiger partial charge in [0, 0.05) is 12.0 Å². The van der Waals surface area contributed by atoms with E-state index >= 15 is 0 Å². The largest absolute Gasteiger partial charge is 0.494 e. The van der Waals surface area contributed by atoms with Crippen LogP contribution in [0.15, 0.2) is 24.3 Å². The number of ether oxygens (including phenoxy) is 1. The van der Waals surface area contributed by atoms with Crippen molar-refractivity contribution in [3.8, 4) is 5.75 Å². The van der Waals surface area contributed by atoms with E-state index < -0.39 is 0 Å². The predicted molar refractivity (Wildman–Crippen MR) is 90.1 cm³/mol. The number of nitrogens with one attached hydrogen (secondary N) is 1. The summed E-state index contributed by atoms with van der Waals surface area (Å²) in [5.41, 5.74) is 2.37. The van der Waals surface area contributed by atoms with Gasteiger partial charge in [-0.2, -0.15) is 0 Å². The molecule has 2 nitrogen and oxygen atoms in total. The Labute approximate surface area is 130 Å². The van der Waals surface area contributed by atoms with Crippen LogP contribution in [0.3, 0.4) is 0 Å². The van der Waals surface area contributed by atoms with E-state index in [1.165, 1.54) is 31.2 Å². The highest BCUT2D eigenvalue weighted by atomic mass is 16.5. The van der Waals surface area contributed by atoms with Crippen LogP contribution in [0.25, 0.3) is 0 Å². The Morgan fingerprint density at radius 2 is 1.62 bits per heavy atom. The third-order valence-corrected chi connectivity index (χ3v) is 5.42. The molecule has 2 heteroatoms. The van der Waals surface area contributed by atoms with Crippen molar-refractivity contribution in [3.63, 3.8) is 0 Å². The summed E-state index contributed by atoms with van der Waals surface area (Å²) in [4.78, 5) is 0. The van der Waals surface area contributed by atoms with Crippen LogP contribution < -0.4 is 10.1 Å². The zero-order valence-corrected chi connectivity index (χ0v) is 14.2. The molecule has 0 unspecified atom stereocenters. The first-order chi connectivity index (χ1) is 10.1. The molecule has 0 aliphatic heterocycles. The van der Waals surface area contributed by atoms with E-state index in [0.29, 0.717) is 10.8 Å². The standard InChI is InChI=1S/C19H31NO/c1-5-18(6-2)13-19(14-18,15-20-7-3)16-9-11-17(12-10-16)21-8-4/h9-12,20H,5-8,13-15H2,1-4H3. The molecule has 0 radical (unpaired) electrons. The highest BCUT2D eigenvalue weighted by molar-refractivity contribution is 5.36. The van der Waals surface area contributed by atoms with Crippen LogP contribution in [0.4, 0.5) is 0 Å². The Balaban J connectivity index is 2.17. The van der Waals surface area contributed by atoms with Gasteiger partial charge in [0.05, 0.1) is 6.61 Å². The molecule has 1 N–H and O–H groups in total. The third kappa shape index (κ3) is 3.26. The van der Waals surface area contributed by atoms with Crippen LogP contribution in [0.2, 0.25) is 0 Å². The smallest absolute Gasteiger partial charge is 0.119 e. The molecule has 0 aromatic heterocycles. The first-order valence-corrected chi connectivity index (χ1v) is 8.57. The van der Waals surface area contributed by atoms with Crippen molar-refractivity contribution in [1.82, 2.24) is 5.32 Å². The van der Waals surface area contributed by atoms with Crippen LogP contribution in [-0.4, -0.2) is 19.7 Å². The molecule has 118 valence electrons. The minimum absolute atomic E-state index is 0.326. The van der Waals surface area contributed by atoms with Gasteiger partial charge in [0.15, 0.2) is 0 Å². The molecule has 0 atom stereocenters. The van der Waals surface area contributed by atoms with E-state index in [1.807, 2.05) is 6.92 Å². The molecule has 1 aromatic carbocycles. The van der Waals surface area contributed by atoms with Crippen LogP contribution in [0, 0.1) is 5.41 Å². The molecule has 1 saturated carbocycles. The van der Waals surface area contributed by atoms with Gasteiger partial charge in [0.2, 0.25) is 0 Å². The van der Waals surface area contributed by atoms with E-state index in [0.717, 1.165) is 25.4 Å². The average molecular weight is 289 g/mol. The fourth-order valence-corrected chi connectivity index (χ4v) is 4.00. The Morgan fingerprint density at radius 1 is 1.00 bits per heavy atom. The van der Waals surface area contributed by atoms with Crippen LogP contribution in [0.1, 0.15) is 58.9 Å². The number of likely N-dealkylation sites (N-methyl/N-ethyl adjacent to an activating group) is 1. The molecular weight excluding hydrogens is 258 g/mol. The molecule has 2 rings (SSSR count). The average Bonchev–Trinajstić information content (AvgIpc) is 2.48. The monoisotopic (exact) mass is 289 g/mol. The van der Waals surface area contributed by atoms with Gasteiger partial charge in [-0.25, -0.2) is 0 Å². The summed E-state index contributed by atoms with van der Waals surface area (Å²) in [6.45, 7) is 11.8. The van der Waals surface area contributed by atoms with Gasteiger partial charge in [0.1, 0.15) is 5.75 Å². The van der Waals surface area contributed by atoms with Crippen molar-refractivity contribution in [2.45, 2.75) is 58.8 Å². The number of hydrogen-bond acceptors (Lipinski definition) is 2. The highest BCUT2D eigenvalue weighted by Crippen LogP contribution is 2.59.